The Morgan fingerprint density at radius 1 is 0.414 bits per heavy atom. The van der Waals surface area contributed by atoms with E-state index in [1.54, 1.807) is 30.3 Å². The molecule has 0 aliphatic carbocycles. The van der Waals surface area contributed by atoms with Crippen molar-refractivity contribution in [2.45, 2.75) is 139 Å². The highest BCUT2D eigenvalue weighted by molar-refractivity contribution is 5.97. The van der Waals surface area contributed by atoms with Crippen molar-refractivity contribution in [2.24, 2.45) is 27.9 Å². The molecular formula is C80H137N19O29. The van der Waals surface area contributed by atoms with Crippen LogP contribution < -0.4 is 97.4 Å². The first-order valence-electron chi connectivity index (χ1n) is 42.9. The quantitative estimate of drug-likeness (QED) is 0.0164. The number of nitrogens with one attached hydrogen (secondary N) is 14. The van der Waals surface area contributed by atoms with Gasteiger partial charge in [0.2, 0.25) is 82.7 Å². The number of ketones is 1. The normalized spacial score (nSPS) is 14.6. The number of aliphatic imine (C=N–C) groups is 1. The first kappa shape index (κ1) is 114. The molecule has 726 valence electrons. The fraction of sp³-hybridized carbons (Fsp3) is 0.713. The van der Waals surface area contributed by atoms with Gasteiger partial charge in [-0.05, 0) is 70.3 Å². The van der Waals surface area contributed by atoms with Crippen LogP contribution in [0.4, 0.5) is 0 Å². The van der Waals surface area contributed by atoms with Crippen molar-refractivity contribution in [3.8, 4) is 0 Å². The maximum absolute atomic E-state index is 13.6. The summed E-state index contributed by atoms with van der Waals surface area (Å²) in [5.74, 6) is -10.4. The van der Waals surface area contributed by atoms with Crippen LogP contribution in [0.1, 0.15) is 102 Å². The number of carboxylic acids is 1. The van der Waals surface area contributed by atoms with E-state index in [1.165, 1.54) is 6.92 Å². The van der Waals surface area contributed by atoms with E-state index >= 15 is 0 Å². The number of hydrogen-bond acceptors (Lipinski definition) is 31. The molecular weight excluding hydrogens is 1690 g/mol. The standard InChI is InChI=1S/C80H137N19O29/c1-57(100)52-92-78(115)64(51-73(109)110)97-72(108)56-94-77(114)61(14-9-23-89-80(83)84)98-74(111)59(82)12-5-7-21-85-66(102)17-26-117-32-38-124-46-49-128-43-37-122-31-25-88-75(112)62(95-68(104)19-28-119-34-40-125-44-47-126-41-35-120-29-20-81)15-16-65(101)87-24-30-121-36-42-127-48-45-123-39-33-118-27-18-67(103)86-22-8-6-13-60-76(113)93-54-70(106)90-53-69(105)91-55-71(107)96-63(79(116)99-60)50-58-10-3-2-4-11-58/h2-4,10-11,59-64H,5-9,12-56,81-82H2,1H3,(H,85,102)(H,86,103)(H,87,101)(H,88,112)(H,90,106)(H,91,105)(H,92,115)(H,93,113)(H,94,114)(H,95,104)(H,96,107)(H,97,108)(H,98,111)(H,99,116)(H,109,110)(H4,83,84,89)/t59-,60-,61-,62?,63+,64-/m0/s1. The highest BCUT2D eigenvalue weighted by Crippen LogP contribution is 2.10. The Bertz CT molecular complexity index is 3430. The molecule has 1 aliphatic heterocycles. The van der Waals surface area contributed by atoms with Gasteiger partial charge in [0.25, 0.3) is 0 Å². The number of amides is 14. The van der Waals surface area contributed by atoms with Crippen LogP contribution in [-0.2, 0) is 140 Å². The average molecular weight is 1830 g/mol. The zero-order valence-electron chi connectivity index (χ0n) is 73.3. The van der Waals surface area contributed by atoms with Gasteiger partial charge >= 0.3 is 5.97 Å². The minimum atomic E-state index is -1.55. The zero-order valence-corrected chi connectivity index (χ0v) is 73.3. The molecule has 1 fully saturated rings. The minimum Gasteiger partial charge on any atom is -0.481 e. The first-order chi connectivity index (χ1) is 61.8. The molecule has 1 aromatic carbocycles. The molecule has 128 heavy (non-hydrogen) atoms. The molecule has 0 spiro atoms. The number of hydrogen-bond donors (Lipinski definition) is 19. The van der Waals surface area contributed by atoms with Crippen LogP contribution in [0.25, 0.3) is 0 Å². The number of nitrogens with two attached hydrogens (primary N) is 4. The van der Waals surface area contributed by atoms with Crippen molar-refractivity contribution in [1.82, 2.24) is 74.4 Å². The molecule has 1 unspecified atom stereocenters. The molecule has 1 aliphatic rings. The Kier molecular flexibility index (Phi) is 67.2. The summed E-state index contributed by atoms with van der Waals surface area (Å²) in [5, 5.41) is 44.8. The maximum Gasteiger partial charge on any atom is 0.305 e. The molecule has 0 radical (unpaired) electrons. The molecule has 0 aromatic heterocycles. The summed E-state index contributed by atoms with van der Waals surface area (Å²) >= 11 is 0. The smallest absolute Gasteiger partial charge is 0.305 e. The predicted octanol–water partition coefficient (Wildman–Crippen LogP) is -8.39. The second-order valence-electron chi connectivity index (χ2n) is 28.5. The van der Waals surface area contributed by atoms with Crippen molar-refractivity contribution < 1.29 is 139 Å². The van der Waals surface area contributed by atoms with Gasteiger partial charge in [0.1, 0.15) is 36.0 Å². The molecule has 14 amide bonds. The monoisotopic (exact) mass is 1830 g/mol. The van der Waals surface area contributed by atoms with Crippen LogP contribution >= 0.6 is 0 Å². The fourth-order valence-corrected chi connectivity index (χ4v) is 11.0. The lowest BCUT2D eigenvalue weighted by molar-refractivity contribution is -0.141. The van der Waals surface area contributed by atoms with E-state index in [1.807, 2.05) is 0 Å². The van der Waals surface area contributed by atoms with Gasteiger partial charge in [0.15, 0.2) is 5.96 Å². The lowest BCUT2D eigenvalue weighted by atomic mass is 10.0. The number of aliphatic carboxylic acids is 1. The van der Waals surface area contributed by atoms with Crippen LogP contribution in [0.5, 0.6) is 0 Å². The minimum absolute atomic E-state index is 0.0203. The first-order valence-corrected chi connectivity index (χ1v) is 42.9. The summed E-state index contributed by atoms with van der Waals surface area (Å²) in [6.07, 6.45) is 1.60. The van der Waals surface area contributed by atoms with E-state index in [2.05, 4.69) is 79.4 Å². The van der Waals surface area contributed by atoms with Crippen LogP contribution in [-0.4, -0.2) is 372 Å². The Hall–Kier alpha value is -10.3. The van der Waals surface area contributed by atoms with Gasteiger partial charge in [0, 0.05) is 71.4 Å². The lowest BCUT2D eigenvalue weighted by Gasteiger charge is -2.23. The highest BCUT2D eigenvalue weighted by atomic mass is 16.6. The third-order valence-corrected chi connectivity index (χ3v) is 17.7. The highest BCUT2D eigenvalue weighted by Gasteiger charge is 2.31. The number of carbonyl (C=O) groups is 16. The Morgan fingerprint density at radius 2 is 0.844 bits per heavy atom. The number of benzene rings is 1. The number of rotatable bonds is 76. The summed E-state index contributed by atoms with van der Waals surface area (Å²) in [6, 6.07) is 1.88. The molecule has 48 nitrogen and oxygen atoms in total. The molecule has 1 saturated heterocycles. The van der Waals surface area contributed by atoms with Gasteiger partial charge in [-0.15, -0.1) is 0 Å². The van der Waals surface area contributed by atoms with Crippen LogP contribution in [0.15, 0.2) is 35.3 Å². The third-order valence-electron chi connectivity index (χ3n) is 17.7. The van der Waals surface area contributed by atoms with E-state index in [0.717, 1.165) is 5.56 Å². The predicted molar refractivity (Wildman–Crippen MR) is 457 cm³/mol. The summed E-state index contributed by atoms with van der Waals surface area (Å²) in [6.45, 7) is 6.08. The number of nitrogens with zero attached hydrogens (tertiary/aromatic N) is 1. The number of unbranched alkanes of at least 4 members (excludes halogenated alkanes) is 2. The van der Waals surface area contributed by atoms with Gasteiger partial charge in [-0.2, -0.15) is 0 Å². The summed E-state index contributed by atoms with van der Waals surface area (Å²) in [7, 11) is 0. The van der Waals surface area contributed by atoms with Gasteiger partial charge in [-0.25, -0.2) is 0 Å². The molecule has 2 rings (SSSR count). The summed E-state index contributed by atoms with van der Waals surface area (Å²) in [5.41, 5.74) is 23.0. The van der Waals surface area contributed by atoms with Crippen molar-refractivity contribution in [3.63, 3.8) is 0 Å². The molecule has 6 atom stereocenters. The Balaban J connectivity index is 1.62. The average Bonchev–Trinajstić information content (AvgIpc) is 0.967. The molecule has 1 heterocycles. The zero-order chi connectivity index (χ0) is 93.8. The van der Waals surface area contributed by atoms with Crippen LogP contribution in [0.2, 0.25) is 0 Å². The van der Waals surface area contributed by atoms with Gasteiger partial charge in [-0.1, -0.05) is 30.3 Å². The second-order valence-corrected chi connectivity index (χ2v) is 28.5. The topological polar surface area (TPSA) is 689 Å². The van der Waals surface area contributed by atoms with E-state index in [9.17, 15) is 81.8 Å². The van der Waals surface area contributed by atoms with Crippen LogP contribution in [0, 0.1) is 0 Å². The molecule has 23 N–H and O–H groups in total. The largest absolute Gasteiger partial charge is 0.481 e. The van der Waals surface area contributed by atoms with E-state index in [4.69, 9.17) is 79.8 Å². The lowest BCUT2D eigenvalue weighted by Crippen LogP contribution is -2.55. The van der Waals surface area contributed by atoms with E-state index < -0.39 is 152 Å². The van der Waals surface area contributed by atoms with Crippen molar-refractivity contribution in [1.29, 1.82) is 0 Å². The number of Topliss-reactive ketones (excluding diaryl/α,β-unsaturated/α-hetero) is 1. The number of guanidine groups is 1. The van der Waals surface area contributed by atoms with E-state index in [0.29, 0.717) is 65.3 Å². The number of ether oxygens (including phenoxy) is 12. The van der Waals surface area contributed by atoms with Gasteiger partial charge in [-0.3, -0.25) is 81.7 Å². The molecule has 48 heteroatoms. The van der Waals surface area contributed by atoms with Crippen LogP contribution in [0.3, 0.4) is 0 Å². The summed E-state index contributed by atoms with van der Waals surface area (Å²) in [4.78, 5) is 206. The third kappa shape index (κ3) is 64.4. The van der Waals surface area contributed by atoms with Crippen molar-refractivity contribution in [3.05, 3.63) is 35.9 Å². The molecule has 0 bridgehead atoms. The molecule has 1 aromatic rings. The Labute approximate surface area is 744 Å². The second kappa shape index (κ2) is 75.6. The molecule has 0 saturated carbocycles. The number of carbonyl (C=O) groups excluding carboxylic acids is 15. The van der Waals surface area contributed by atoms with E-state index in [-0.39, 0.29) is 246 Å². The fourth-order valence-electron chi connectivity index (χ4n) is 11.0. The SMILES string of the molecule is CC(=O)CNC(=O)[C@H](CC(=O)O)NC(=O)CNC(=O)[C@H](CCCN=C(N)N)NC(=O)[C@@H](N)CCCCNC(=O)CCOCCOCCOCCOCCNC(=O)C(CCC(=O)NCCOCCOCCOCCOCCC(=O)NCCCC[C@@H]1NC(=O)[C@@H](Cc2ccccc2)NC(=O)CNC(=O)CNC(=O)CNC1=O)NC(=O)CCOCCOCCOCCOCCN. The Morgan fingerprint density at radius 3 is 1.36 bits per heavy atom. The van der Waals surface area contributed by atoms with Gasteiger partial charge in [0.05, 0.1) is 204 Å². The summed E-state index contributed by atoms with van der Waals surface area (Å²) < 4.78 is 66.1. The van der Waals surface area contributed by atoms with Crippen molar-refractivity contribution in [2.75, 3.05) is 231 Å². The van der Waals surface area contributed by atoms with Gasteiger partial charge < -0.3 is 159 Å². The maximum atomic E-state index is 13.6. The van der Waals surface area contributed by atoms with Crippen molar-refractivity contribution >= 4 is 100 Å². The number of carboxylic acid groups (broad SMARTS) is 1.